The molecular weight excluding hydrogens is 372 g/mol. The zero-order valence-corrected chi connectivity index (χ0v) is 17.7. The number of ether oxygens (including phenoxy) is 2. The molecule has 0 saturated carbocycles. The van der Waals surface area contributed by atoms with Gasteiger partial charge >= 0.3 is 0 Å². The van der Waals surface area contributed by atoms with Gasteiger partial charge in [-0.15, -0.1) is 11.3 Å². The Hall–Kier alpha value is -1.76. The van der Waals surface area contributed by atoms with E-state index in [4.69, 9.17) is 14.5 Å². The Morgan fingerprint density at radius 2 is 2.25 bits per heavy atom. The Labute approximate surface area is 169 Å². The predicted octanol–water partition coefficient (Wildman–Crippen LogP) is 4.59. The molecule has 0 amide bonds. The number of unbranched alkanes of at least 4 members (excludes halogenated alkanes) is 1. The standard InChI is InChI=1S/C22H28N2O3S/c1-4-5-7-15-10-14(2)20-17(11-15)19-21(28-20)23-18(13-26-3)24(22(19)25)12-16-8-6-9-27-16/h10-11,16H,4-9,12-13H2,1-3H3. The van der Waals surface area contributed by atoms with Crippen molar-refractivity contribution in [3.63, 3.8) is 0 Å². The van der Waals surface area contributed by atoms with Gasteiger partial charge in [-0.3, -0.25) is 9.36 Å². The number of fused-ring (bicyclic) bond motifs is 3. The lowest BCUT2D eigenvalue weighted by atomic mass is 10.0. The fourth-order valence-electron chi connectivity index (χ4n) is 4.09. The smallest absolute Gasteiger partial charge is 0.263 e. The molecule has 0 N–H and O–H groups in total. The molecule has 0 radical (unpaired) electrons. The third kappa shape index (κ3) is 3.61. The van der Waals surface area contributed by atoms with Crippen LogP contribution in [0.25, 0.3) is 20.3 Å². The molecule has 1 fully saturated rings. The van der Waals surface area contributed by atoms with Crippen molar-refractivity contribution in [1.29, 1.82) is 0 Å². The summed E-state index contributed by atoms with van der Waals surface area (Å²) in [6.07, 6.45) is 5.49. The molecule has 3 aromatic rings. The maximum Gasteiger partial charge on any atom is 0.263 e. The number of thiophene rings is 1. The highest BCUT2D eigenvalue weighted by Gasteiger charge is 2.22. The number of aryl methyl sites for hydroxylation is 2. The molecule has 1 aromatic carbocycles. The zero-order chi connectivity index (χ0) is 19.7. The summed E-state index contributed by atoms with van der Waals surface area (Å²) in [6.45, 7) is 5.99. The van der Waals surface area contributed by atoms with E-state index >= 15 is 0 Å². The second kappa shape index (κ2) is 8.31. The van der Waals surface area contributed by atoms with Crippen molar-refractivity contribution < 1.29 is 9.47 Å². The van der Waals surface area contributed by atoms with Gasteiger partial charge in [0, 0.05) is 23.8 Å². The molecule has 0 aliphatic carbocycles. The van der Waals surface area contributed by atoms with Crippen LogP contribution in [0.2, 0.25) is 0 Å². The van der Waals surface area contributed by atoms with Crippen molar-refractivity contribution in [3.8, 4) is 0 Å². The number of hydrogen-bond donors (Lipinski definition) is 0. The van der Waals surface area contributed by atoms with Crippen LogP contribution in [0, 0.1) is 6.92 Å². The van der Waals surface area contributed by atoms with E-state index in [9.17, 15) is 4.79 Å². The Balaban J connectivity index is 1.90. The second-order valence-electron chi connectivity index (χ2n) is 7.69. The largest absolute Gasteiger partial charge is 0.377 e. The number of nitrogens with zero attached hydrogens (tertiary/aromatic N) is 2. The molecule has 1 atom stereocenters. The third-order valence-electron chi connectivity index (χ3n) is 5.52. The first-order valence-corrected chi connectivity index (χ1v) is 11.0. The monoisotopic (exact) mass is 400 g/mol. The summed E-state index contributed by atoms with van der Waals surface area (Å²) in [4.78, 5) is 19.2. The van der Waals surface area contributed by atoms with Gasteiger partial charge in [0.1, 0.15) is 17.3 Å². The third-order valence-corrected chi connectivity index (χ3v) is 6.75. The summed E-state index contributed by atoms with van der Waals surface area (Å²) in [5, 5.41) is 1.80. The highest BCUT2D eigenvalue weighted by molar-refractivity contribution is 7.25. The number of methoxy groups -OCH3 is 1. The maximum absolute atomic E-state index is 13.5. The van der Waals surface area contributed by atoms with Gasteiger partial charge in [0.25, 0.3) is 5.56 Å². The molecule has 1 unspecified atom stereocenters. The Morgan fingerprint density at radius 3 is 2.96 bits per heavy atom. The fraction of sp³-hybridized carbons (Fsp3) is 0.545. The molecular formula is C22H28N2O3S. The van der Waals surface area contributed by atoms with E-state index in [0.29, 0.717) is 19.0 Å². The van der Waals surface area contributed by atoms with Gasteiger partial charge in [-0.25, -0.2) is 4.98 Å². The molecule has 1 aliphatic rings. The maximum atomic E-state index is 13.5. The molecule has 1 saturated heterocycles. The first kappa shape index (κ1) is 19.6. The average Bonchev–Trinajstić information content (AvgIpc) is 3.31. The Morgan fingerprint density at radius 1 is 1.39 bits per heavy atom. The van der Waals surface area contributed by atoms with Crippen molar-refractivity contribution in [2.24, 2.45) is 0 Å². The Kier molecular flexibility index (Phi) is 5.80. The first-order chi connectivity index (χ1) is 13.6. The minimum absolute atomic E-state index is 0.0332. The molecule has 3 heterocycles. The van der Waals surface area contributed by atoms with E-state index in [1.165, 1.54) is 11.1 Å². The number of rotatable bonds is 7. The van der Waals surface area contributed by atoms with Crippen molar-refractivity contribution in [3.05, 3.63) is 39.4 Å². The summed E-state index contributed by atoms with van der Waals surface area (Å²) in [5.74, 6) is 0.686. The quantitative estimate of drug-likeness (QED) is 0.582. The van der Waals surface area contributed by atoms with Crippen molar-refractivity contribution in [2.45, 2.75) is 65.2 Å². The van der Waals surface area contributed by atoms with Gasteiger partial charge in [0.05, 0.1) is 18.0 Å². The minimum Gasteiger partial charge on any atom is -0.377 e. The molecule has 150 valence electrons. The van der Waals surface area contributed by atoms with E-state index in [1.807, 2.05) is 0 Å². The molecule has 0 bridgehead atoms. The van der Waals surface area contributed by atoms with Gasteiger partial charge in [0.15, 0.2) is 0 Å². The normalized spacial score (nSPS) is 17.2. The highest BCUT2D eigenvalue weighted by Crippen LogP contribution is 2.34. The van der Waals surface area contributed by atoms with Crippen molar-refractivity contribution in [1.82, 2.24) is 9.55 Å². The van der Waals surface area contributed by atoms with Crippen LogP contribution in [0.5, 0.6) is 0 Å². The van der Waals surface area contributed by atoms with Gasteiger partial charge in [-0.1, -0.05) is 19.4 Å². The summed E-state index contributed by atoms with van der Waals surface area (Å²) in [7, 11) is 1.64. The van der Waals surface area contributed by atoms with E-state index in [2.05, 4.69) is 26.0 Å². The molecule has 5 nitrogen and oxygen atoms in total. The minimum atomic E-state index is 0.0332. The van der Waals surface area contributed by atoms with Gasteiger partial charge in [-0.05, 0) is 49.8 Å². The first-order valence-electron chi connectivity index (χ1n) is 10.2. The van der Waals surface area contributed by atoms with Crippen LogP contribution in [0.3, 0.4) is 0 Å². The van der Waals surface area contributed by atoms with Crippen LogP contribution < -0.4 is 5.56 Å². The van der Waals surface area contributed by atoms with Crippen molar-refractivity contribution >= 4 is 31.6 Å². The van der Waals surface area contributed by atoms with E-state index in [1.54, 1.807) is 23.0 Å². The summed E-state index contributed by atoms with van der Waals surface area (Å²) >= 11 is 1.62. The summed E-state index contributed by atoms with van der Waals surface area (Å²) in [5.41, 5.74) is 2.56. The number of aromatic nitrogens is 2. The molecule has 2 aromatic heterocycles. The number of benzene rings is 1. The van der Waals surface area contributed by atoms with E-state index < -0.39 is 0 Å². The molecule has 28 heavy (non-hydrogen) atoms. The highest BCUT2D eigenvalue weighted by atomic mass is 32.1. The Bertz CT molecular complexity index is 1050. The van der Waals surface area contributed by atoms with Crippen LogP contribution in [0.1, 0.15) is 49.6 Å². The SMILES string of the molecule is CCCCc1cc(C)c2sc3nc(COC)n(CC4CCCO4)c(=O)c3c2c1. The molecule has 6 heteroatoms. The van der Waals surface area contributed by atoms with E-state index in [0.717, 1.165) is 59.0 Å². The van der Waals surface area contributed by atoms with Crippen molar-refractivity contribution in [2.75, 3.05) is 13.7 Å². The zero-order valence-electron chi connectivity index (χ0n) is 16.9. The molecule has 4 rings (SSSR count). The van der Waals surface area contributed by atoms with Crippen LogP contribution in [-0.4, -0.2) is 29.4 Å². The lowest BCUT2D eigenvalue weighted by Gasteiger charge is -2.15. The number of hydrogen-bond acceptors (Lipinski definition) is 5. The van der Waals surface area contributed by atoms with Gasteiger partial charge < -0.3 is 9.47 Å². The fourth-order valence-corrected chi connectivity index (χ4v) is 5.23. The topological polar surface area (TPSA) is 53.4 Å². The van der Waals surface area contributed by atoms with Gasteiger partial charge in [-0.2, -0.15) is 0 Å². The van der Waals surface area contributed by atoms with E-state index in [-0.39, 0.29) is 11.7 Å². The lowest BCUT2D eigenvalue weighted by Crippen LogP contribution is -2.30. The van der Waals surface area contributed by atoms with Crippen LogP contribution >= 0.6 is 11.3 Å². The summed E-state index contributed by atoms with van der Waals surface area (Å²) in [6, 6.07) is 4.46. The molecule has 0 spiro atoms. The van der Waals surface area contributed by atoms with Crippen LogP contribution in [0.15, 0.2) is 16.9 Å². The average molecular weight is 401 g/mol. The molecule has 1 aliphatic heterocycles. The van der Waals surface area contributed by atoms with Crippen LogP contribution in [0.4, 0.5) is 0 Å². The summed E-state index contributed by atoms with van der Waals surface area (Å²) < 4.78 is 14.1. The predicted molar refractivity (Wildman–Crippen MR) is 114 cm³/mol. The lowest BCUT2D eigenvalue weighted by molar-refractivity contribution is 0.0922. The van der Waals surface area contributed by atoms with Gasteiger partial charge in [0.2, 0.25) is 0 Å². The van der Waals surface area contributed by atoms with Crippen LogP contribution in [-0.2, 0) is 29.0 Å². The second-order valence-corrected chi connectivity index (χ2v) is 8.69.